The Hall–Kier alpha value is -1.76. The van der Waals surface area contributed by atoms with Crippen LogP contribution in [-0.2, 0) is 11.0 Å². The van der Waals surface area contributed by atoms with Crippen molar-refractivity contribution >= 4 is 36.4 Å². The van der Waals surface area contributed by atoms with E-state index in [1.54, 1.807) is 4.90 Å². The molecule has 0 bridgehead atoms. The smallest absolute Gasteiger partial charge is 0.367 e. The minimum atomic E-state index is -4.48. The fraction of sp³-hybridized carbons (Fsp3) is 0.652. The number of rotatable bonds is 7. The Morgan fingerprint density at radius 2 is 1.74 bits per heavy atom. The summed E-state index contributed by atoms with van der Waals surface area (Å²) in [7, 11) is 0. The van der Waals surface area contributed by atoms with E-state index < -0.39 is 17.6 Å². The van der Waals surface area contributed by atoms with E-state index in [4.69, 9.17) is 5.26 Å². The predicted octanol–water partition coefficient (Wildman–Crippen LogP) is 5.18. The summed E-state index contributed by atoms with van der Waals surface area (Å²) in [5.41, 5.74) is -0.803. The first-order valence-electron chi connectivity index (χ1n) is 11.3. The molecular formula is C23H32Cl2F4N4O. The van der Waals surface area contributed by atoms with Crippen LogP contribution < -0.4 is 10.2 Å². The van der Waals surface area contributed by atoms with Crippen LogP contribution in [0.15, 0.2) is 18.2 Å². The average Bonchev–Trinajstić information content (AvgIpc) is 2.77. The Balaban J connectivity index is 0.00000289. The van der Waals surface area contributed by atoms with Gasteiger partial charge in [0.15, 0.2) is 0 Å². The summed E-state index contributed by atoms with van der Waals surface area (Å²) in [5.74, 6) is -0.0748. The molecule has 11 heteroatoms. The Bertz CT molecular complexity index is 818. The van der Waals surface area contributed by atoms with E-state index in [9.17, 15) is 22.4 Å². The Kier molecular flexibility index (Phi) is 12.4. The van der Waals surface area contributed by atoms with Gasteiger partial charge in [0.05, 0.1) is 17.3 Å². The average molecular weight is 527 g/mol. The van der Waals surface area contributed by atoms with Crippen molar-refractivity contribution in [2.45, 2.75) is 57.2 Å². The number of nitriles is 1. The summed E-state index contributed by atoms with van der Waals surface area (Å²) in [4.78, 5) is 15.7. The van der Waals surface area contributed by atoms with Gasteiger partial charge in [0, 0.05) is 45.1 Å². The molecule has 192 valence electrons. The number of piperazine rings is 1. The van der Waals surface area contributed by atoms with Crippen LogP contribution in [0.1, 0.15) is 50.5 Å². The second-order valence-corrected chi connectivity index (χ2v) is 8.72. The number of nitrogens with one attached hydrogen (secondary N) is 1. The van der Waals surface area contributed by atoms with Crippen molar-refractivity contribution in [3.63, 3.8) is 0 Å². The first kappa shape index (κ1) is 30.3. The maximum absolute atomic E-state index is 14.1. The van der Waals surface area contributed by atoms with Gasteiger partial charge in [-0.1, -0.05) is 0 Å². The molecule has 0 atom stereocenters. The van der Waals surface area contributed by atoms with E-state index in [-0.39, 0.29) is 55.3 Å². The lowest BCUT2D eigenvalue weighted by atomic mass is 9.84. The van der Waals surface area contributed by atoms with Crippen molar-refractivity contribution in [1.82, 2.24) is 10.2 Å². The molecule has 0 unspecified atom stereocenters. The standard InChI is InChI=1S/C23H30F4N4O.2ClH/c24-20-8-5-18(23(25,26)27)16-21(20)31-14-12-30(13-15-31)11-9-17-3-6-19(7-4-17)29-22(32)2-1-10-28;;/h5,8,16-17,19H,1-4,6-7,9,11-15H2,(H,29,32);2*1H. The van der Waals surface area contributed by atoms with E-state index >= 15 is 0 Å². The van der Waals surface area contributed by atoms with Gasteiger partial charge in [0.1, 0.15) is 5.82 Å². The fourth-order valence-electron chi connectivity index (χ4n) is 4.57. The molecule has 1 aliphatic heterocycles. The zero-order chi connectivity index (χ0) is 23.1. The topological polar surface area (TPSA) is 59.4 Å². The van der Waals surface area contributed by atoms with Crippen LogP contribution in [0.25, 0.3) is 0 Å². The van der Waals surface area contributed by atoms with Crippen molar-refractivity contribution in [3.8, 4) is 6.07 Å². The molecule has 1 saturated heterocycles. The van der Waals surface area contributed by atoms with Gasteiger partial charge < -0.3 is 10.2 Å². The first-order valence-corrected chi connectivity index (χ1v) is 11.3. The molecule has 1 amide bonds. The third-order valence-corrected chi connectivity index (χ3v) is 6.52. The number of carbonyl (C=O) groups excluding carboxylic acids is 1. The minimum Gasteiger partial charge on any atom is -0.367 e. The van der Waals surface area contributed by atoms with Gasteiger partial charge in [-0.2, -0.15) is 18.4 Å². The molecule has 0 spiro atoms. The van der Waals surface area contributed by atoms with Crippen molar-refractivity contribution in [2.75, 3.05) is 37.6 Å². The highest BCUT2D eigenvalue weighted by atomic mass is 35.5. The summed E-state index contributed by atoms with van der Waals surface area (Å²) in [6.07, 6.45) is 1.08. The lowest BCUT2D eigenvalue weighted by molar-refractivity contribution is -0.137. The molecule has 1 aromatic rings. The molecule has 0 radical (unpaired) electrons. The van der Waals surface area contributed by atoms with Crippen LogP contribution in [-0.4, -0.2) is 49.6 Å². The van der Waals surface area contributed by atoms with Gasteiger partial charge in [-0.25, -0.2) is 4.39 Å². The van der Waals surface area contributed by atoms with Gasteiger partial charge in [0.25, 0.3) is 0 Å². The number of amides is 1. The number of anilines is 1. The number of carbonyl (C=O) groups is 1. The normalized spacial score (nSPS) is 21.1. The van der Waals surface area contributed by atoms with E-state index in [0.717, 1.165) is 56.8 Å². The molecule has 34 heavy (non-hydrogen) atoms. The lowest BCUT2D eigenvalue weighted by Crippen LogP contribution is -2.47. The van der Waals surface area contributed by atoms with E-state index in [0.29, 0.717) is 32.1 Å². The van der Waals surface area contributed by atoms with Crippen LogP contribution in [0.5, 0.6) is 0 Å². The van der Waals surface area contributed by atoms with Gasteiger partial charge in [0.2, 0.25) is 5.91 Å². The quantitative estimate of drug-likeness (QED) is 0.497. The Morgan fingerprint density at radius 3 is 2.32 bits per heavy atom. The maximum Gasteiger partial charge on any atom is 0.416 e. The van der Waals surface area contributed by atoms with Crippen molar-refractivity contribution in [1.29, 1.82) is 5.26 Å². The van der Waals surface area contributed by atoms with Crippen molar-refractivity contribution in [3.05, 3.63) is 29.6 Å². The zero-order valence-corrected chi connectivity index (χ0v) is 20.6. The number of halogens is 6. The van der Waals surface area contributed by atoms with Crippen LogP contribution >= 0.6 is 24.8 Å². The van der Waals surface area contributed by atoms with Gasteiger partial charge >= 0.3 is 6.18 Å². The molecule has 5 nitrogen and oxygen atoms in total. The summed E-state index contributed by atoms with van der Waals surface area (Å²) in [6, 6.07) is 4.76. The molecule has 1 aliphatic carbocycles. The largest absolute Gasteiger partial charge is 0.416 e. The third-order valence-electron chi connectivity index (χ3n) is 6.52. The van der Waals surface area contributed by atoms with Crippen molar-refractivity contribution < 1.29 is 22.4 Å². The van der Waals surface area contributed by atoms with Crippen LogP contribution in [0.4, 0.5) is 23.2 Å². The van der Waals surface area contributed by atoms with Crippen LogP contribution in [0, 0.1) is 23.1 Å². The summed E-state index contributed by atoms with van der Waals surface area (Å²) in [5, 5.41) is 11.6. The second-order valence-electron chi connectivity index (χ2n) is 8.72. The summed E-state index contributed by atoms with van der Waals surface area (Å²) in [6.45, 7) is 3.31. The van der Waals surface area contributed by atoms with Crippen LogP contribution in [0.3, 0.4) is 0 Å². The number of benzene rings is 1. The van der Waals surface area contributed by atoms with Crippen LogP contribution in [0.2, 0.25) is 0 Å². The van der Waals surface area contributed by atoms with Gasteiger partial charge in [-0.05, 0) is 62.8 Å². The minimum absolute atomic E-state index is 0. The second kappa shape index (κ2) is 14.0. The SMILES string of the molecule is Cl.Cl.N#CCCC(=O)NC1CCC(CCN2CCN(c3cc(C(F)(F)F)ccc3F)CC2)CC1. The van der Waals surface area contributed by atoms with E-state index in [1.807, 2.05) is 6.07 Å². The monoisotopic (exact) mass is 526 g/mol. The Morgan fingerprint density at radius 1 is 1.09 bits per heavy atom. The fourth-order valence-corrected chi connectivity index (χ4v) is 4.57. The zero-order valence-electron chi connectivity index (χ0n) is 19.0. The first-order chi connectivity index (χ1) is 15.3. The number of hydrogen-bond acceptors (Lipinski definition) is 4. The number of alkyl halides is 3. The lowest BCUT2D eigenvalue weighted by Gasteiger charge is -2.37. The Labute approximate surface area is 210 Å². The molecule has 1 heterocycles. The highest BCUT2D eigenvalue weighted by Crippen LogP contribution is 2.33. The third kappa shape index (κ3) is 8.79. The van der Waals surface area contributed by atoms with E-state index in [1.165, 1.54) is 0 Å². The van der Waals surface area contributed by atoms with Gasteiger partial charge in [-0.3, -0.25) is 9.69 Å². The highest BCUT2D eigenvalue weighted by molar-refractivity contribution is 5.85. The van der Waals surface area contributed by atoms with Gasteiger partial charge in [-0.15, -0.1) is 24.8 Å². The molecule has 3 rings (SSSR count). The predicted molar refractivity (Wildman–Crippen MR) is 128 cm³/mol. The molecule has 1 N–H and O–H groups in total. The molecule has 1 aromatic carbocycles. The summed E-state index contributed by atoms with van der Waals surface area (Å²) < 4.78 is 53.0. The molecule has 2 aliphatic rings. The number of nitrogens with zero attached hydrogens (tertiary/aromatic N) is 3. The highest BCUT2D eigenvalue weighted by Gasteiger charge is 2.32. The molecule has 0 aromatic heterocycles. The summed E-state index contributed by atoms with van der Waals surface area (Å²) >= 11 is 0. The number of hydrogen-bond donors (Lipinski definition) is 1. The van der Waals surface area contributed by atoms with Crippen molar-refractivity contribution in [2.24, 2.45) is 5.92 Å². The molecule has 1 saturated carbocycles. The molecule has 2 fully saturated rings. The maximum atomic E-state index is 14.1. The molecular weight excluding hydrogens is 495 g/mol. The van der Waals surface area contributed by atoms with E-state index in [2.05, 4.69) is 10.2 Å².